The SMILES string of the molecule is FC1c2ccccc2C(c2ccc(Cl)cc2)C(F)C1F. The second-order valence-corrected chi connectivity index (χ2v) is 5.39. The third kappa shape index (κ3) is 2.10. The Bertz CT molecular complexity index is 611. The van der Waals surface area contributed by atoms with Crippen molar-refractivity contribution in [2.24, 2.45) is 0 Å². The maximum Gasteiger partial charge on any atom is 0.167 e. The summed E-state index contributed by atoms with van der Waals surface area (Å²) in [5.41, 5.74) is 1.33. The van der Waals surface area contributed by atoms with Crippen LogP contribution in [0.5, 0.6) is 0 Å². The highest BCUT2D eigenvalue weighted by molar-refractivity contribution is 6.30. The molecule has 0 spiro atoms. The van der Waals surface area contributed by atoms with E-state index in [9.17, 15) is 13.2 Å². The first-order valence-electron chi connectivity index (χ1n) is 6.36. The highest BCUT2D eigenvalue weighted by Gasteiger charge is 2.44. The Morgan fingerprint density at radius 3 is 2.00 bits per heavy atom. The molecule has 3 rings (SSSR count). The van der Waals surface area contributed by atoms with Gasteiger partial charge < -0.3 is 0 Å². The quantitative estimate of drug-likeness (QED) is 0.681. The van der Waals surface area contributed by atoms with Gasteiger partial charge in [0.15, 0.2) is 12.3 Å². The van der Waals surface area contributed by atoms with Crippen LogP contribution in [0.2, 0.25) is 5.02 Å². The Labute approximate surface area is 120 Å². The highest BCUT2D eigenvalue weighted by Crippen LogP contribution is 2.45. The summed E-state index contributed by atoms with van der Waals surface area (Å²) in [6.07, 6.45) is -5.96. The van der Waals surface area contributed by atoms with Crippen LogP contribution >= 0.6 is 11.6 Å². The lowest BCUT2D eigenvalue weighted by molar-refractivity contribution is 0.0597. The normalized spacial score (nSPS) is 29.0. The number of hydrogen-bond donors (Lipinski definition) is 0. The zero-order valence-electron chi connectivity index (χ0n) is 10.4. The molecule has 0 aliphatic heterocycles. The second kappa shape index (κ2) is 5.13. The third-order valence-electron chi connectivity index (χ3n) is 3.76. The molecule has 0 bridgehead atoms. The molecule has 0 nitrogen and oxygen atoms in total. The molecule has 0 fully saturated rings. The van der Waals surface area contributed by atoms with E-state index < -0.39 is 24.4 Å². The largest absolute Gasteiger partial charge is 0.243 e. The van der Waals surface area contributed by atoms with Gasteiger partial charge in [-0.15, -0.1) is 0 Å². The minimum absolute atomic E-state index is 0.230. The number of benzene rings is 2. The highest BCUT2D eigenvalue weighted by atomic mass is 35.5. The third-order valence-corrected chi connectivity index (χ3v) is 4.01. The predicted octanol–water partition coefficient (Wildman–Crippen LogP) is 5.17. The molecule has 1 aliphatic rings. The zero-order valence-corrected chi connectivity index (χ0v) is 11.2. The molecule has 4 atom stereocenters. The molecular formula is C16H12ClF3. The van der Waals surface area contributed by atoms with Crippen LogP contribution < -0.4 is 0 Å². The Morgan fingerprint density at radius 1 is 0.750 bits per heavy atom. The van der Waals surface area contributed by atoms with Gasteiger partial charge in [-0.3, -0.25) is 0 Å². The lowest BCUT2D eigenvalue weighted by atomic mass is 9.76. The fourth-order valence-electron chi connectivity index (χ4n) is 2.77. The minimum atomic E-state index is -2.15. The zero-order chi connectivity index (χ0) is 14.3. The number of fused-ring (bicyclic) bond motifs is 1. The number of hydrogen-bond acceptors (Lipinski definition) is 0. The van der Waals surface area contributed by atoms with Crippen molar-refractivity contribution in [3.05, 3.63) is 70.2 Å². The smallest absolute Gasteiger partial charge is 0.167 e. The predicted molar refractivity (Wildman–Crippen MR) is 73.4 cm³/mol. The standard InChI is InChI=1S/C16H12ClF3/c17-10-7-5-9(6-8-10)13-11-3-1-2-4-12(11)14(18)16(20)15(13)19/h1-8,13-16H. The van der Waals surface area contributed by atoms with Crippen molar-refractivity contribution in [2.45, 2.75) is 24.4 Å². The first-order valence-corrected chi connectivity index (χ1v) is 6.74. The van der Waals surface area contributed by atoms with Crippen LogP contribution in [-0.2, 0) is 0 Å². The lowest BCUT2D eigenvalue weighted by Crippen LogP contribution is -2.35. The molecule has 4 heteroatoms. The maximum absolute atomic E-state index is 14.3. The summed E-state index contributed by atoms with van der Waals surface area (Å²) < 4.78 is 42.1. The molecule has 2 aromatic carbocycles. The Morgan fingerprint density at radius 2 is 1.35 bits per heavy atom. The van der Waals surface area contributed by atoms with Gasteiger partial charge in [0.25, 0.3) is 0 Å². The molecular weight excluding hydrogens is 285 g/mol. The molecule has 0 saturated carbocycles. The van der Waals surface area contributed by atoms with Gasteiger partial charge in [0.05, 0.1) is 0 Å². The minimum Gasteiger partial charge on any atom is -0.243 e. The summed E-state index contributed by atoms with van der Waals surface area (Å²) in [5.74, 6) is -0.800. The number of alkyl halides is 3. The molecule has 0 N–H and O–H groups in total. The molecule has 0 aromatic heterocycles. The lowest BCUT2D eigenvalue weighted by Gasteiger charge is -2.33. The number of rotatable bonds is 1. The van der Waals surface area contributed by atoms with E-state index in [0.29, 0.717) is 16.1 Å². The number of halogens is 4. The summed E-state index contributed by atoms with van der Waals surface area (Å²) in [6, 6.07) is 13.1. The van der Waals surface area contributed by atoms with Gasteiger partial charge in [0, 0.05) is 10.9 Å². The van der Waals surface area contributed by atoms with E-state index in [4.69, 9.17) is 11.6 Å². The molecule has 20 heavy (non-hydrogen) atoms. The monoisotopic (exact) mass is 296 g/mol. The maximum atomic E-state index is 14.3. The van der Waals surface area contributed by atoms with Crippen molar-refractivity contribution in [2.75, 3.05) is 0 Å². The van der Waals surface area contributed by atoms with Gasteiger partial charge in [-0.1, -0.05) is 48.0 Å². The summed E-state index contributed by atoms with van der Waals surface area (Å²) >= 11 is 5.81. The van der Waals surface area contributed by atoms with Crippen LogP contribution in [0.3, 0.4) is 0 Å². The summed E-state index contributed by atoms with van der Waals surface area (Å²) in [6.45, 7) is 0. The van der Waals surface area contributed by atoms with Crippen molar-refractivity contribution in [1.29, 1.82) is 0 Å². The van der Waals surface area contributed by atoms with E-state index in [1.807, 2.05) is 0 Å². The van der Waals surface area contributed by atoms with Crippen LogP contribution in [-0.4, -0.2) is 12.3 Å². The molecule has 104 valence electrons. The fourth-order valence-corrected chi connectivity index (χ4v) is 2.89. The molecule has 2 aromatic rings. The van der Waals surface area contributed by atoms with Crippen molar-refractivity contribution in [1.82, 2.24) is 0 Å². The van der Waals surface area contributed by atoms with Gasteiger partial charge in [0.2, 0.25) is 0 Å². The Balaban J connectivity index is 2.14. The van der Waals surface area contributed by atoms with Crippen molar-refractivity contribution in [3.63, 3.8) is 0 Å². The topological polar surface area (TPSA) is 0 Å². The van der Waals surface area contributed by atoms with Gasteiger partial charge in [-0.2, -0.15) is 0 Å². The summed E-state index contributed by atoms with van der Waals surface area (Å²) in [7, 11) is 0. The van der Waals surface area contributed by atoms with Crippen LogP contribution in [0.4, 0.5) is 13.2 Å². The van der Waals surface area contributed by atoms with Gasteiger partial charge >= 0.3 is 0 Å². The van der Waals surface area contributed by atoms with Crippen molar-refractivity contribution >= 4 is 11.6 Å². The summed E-state index contributed by atoms with van der Waals surface area (Å²) in [4.78, 5) is 0. The average Bonchev–Trinajstić information content (AvgIpc) is 2.47. The van der Waals surface area contributed by atoms with Crippen LogP contribution in [0.15, 0.2) is 48.5 Å². The molecule has 0 heterocycles. The van der Waals surface area contributed by atoms with E-state index >= 15 is 0 Å². The Hall–Kier alpha value is -1.48. The molecule has 0 radical (unpaired) electrons. The van der Waals surface area contributed by atoms with Crippen molar-refractivity contribution in [3.8, 4) is 0 Å². The first kappa shape index (κ1) is 13.5. The molecule has 1 aliphatic carbocycles. The molecule has 0 saturated heterocycles. The summed E-state index contributed by atoms with van der Waals surface area (Å²) in [5, 5.41) is 0.522. The van der Waals surface area contributed by atoms with Crippen LogP contribution in [0.25, 0.3) is 0 Å². The van der Waals surface area contributed by atoms with E-state index in [0.717, 1.165) is 0 Å². The van der Waals surface area contributed by atoms with Gasteiger partial charge in [-0.25, -0.2) is 13.2 Å². The van der Waals surface area contributed by atoms with Gasteiger partial charge in [0.1, 0.15) is 6.17 Å². The average molecular weight is 297 g/mol. The second-order valence-electron chi connectivity index (χ2n) is 4.95. The van der Waals surface area contributed by atoms with E-state index in [1.54, 1.807) is 42.5 Å². The van der Waals surface area contributed by atoms with Crippen molar-refractivity contribution < 1.29 is 13.2 Å². The molecule has 0 amide bonds. The van der Waals surface area contributed by atoms with E-state index in [1.165, 1.54) is 6.07 Å². The van der Waals surface area contributed by atoms with E-state index in [-0.39, 0.29) is 5.56 Å². The molecule has 4 unspecified atom stereocenters. The van der Waals surface area contributed by atoms with Crippen LogP contribution in [0, 0.1) is 0 Å². The first-order chi connectivity index (χ1) is 9.59. The Kier molecular flexibility index (Phi) is 3.47. The van der Waals surface area contributed by atoms with E-state index in [2.05, 4.69) is 0 Å². The van der Waals surface area contributed by atoms with Gasteiger partial charge in [-0.05, 0) is 28.8 Å². The van der Waals surface area contributed by atoms with Crippen LogP contribution in [0.1, 0.15) is 28.8 Å². The fraction of sp³-hybridized carbons (Fsp3) is 0.250.